The first-order chi connectivity index (χ1) is 8.63. The van der Waals surface area contributed by atoms with E-state index in [0.717, 1.165) is 13.0 Å². The number of likely N-dealkylation sites (tertiary alicyclic amines) is 1. The van der Waals surface area contributed by atoms with Gasteiger partial charge in [0, 0.05) is 24.5 Å². The molecule has 2 aliphatic rings. The summed E-state index contributed by atoms with van der Waals surface area (Å²) in [6.07, 6.45) is 6.68. The van der Waals surface area contributed by atoms with Crippen LogP contribution in [0.2, 0.25) is 0 Å². The van der Waals surface area contributed by atoms with E-state index in [4.69, 9.17) is 0 Å². The molecule has 18 heavy (non-hydrogen) atoms. The fourth-order valence-electron chi connectivity index (χ4n) is 3.60. The van der Waals surface area contributed by atoms with Crippen LogP contribution in [0.5, 0.6) is 0 Å². The zero-order valence-electron chi connectivity index (χ0n) is 12.1. The van der Waals surface area contributed by atoms with Crippen molar-refractivity contribution in [2.75, 3.05) is 6.54 Å². The van der Waals surface area contributed by atoms with E-state index in [9.17, 15) is 4.79 Å². The van der Waals surface area contributed by atoms with Crippen molar-refractivity contribution in [3.05, 3.63) is 0 Å². The lowest BCUT2D eigenvalue weighted by molar-refractivity contribution is -0.134. The van der Waals surface area contributed by atoms with Gasteiger partial charge >= 0.3 is 0 Å². The van der Waals surface area contributed by atoms with E-state index < -0.39 is 0 Å². The van der Waals surface area contributed by atoms with Crippen molar-refractivity contribution in [1.29, 1.82) is 0 Å². The summed E-state index contributed by atoms with van der Waals surface area (Å²) in [5, 5.41) is 3.52. The van der Waals surface area contributed by atoms with Crippen LogP contribution in [-0.2, 0) is 4.79 Å². The zero-order valence-corrected chi connectivity index (χ0v) is 12.1. The Labute approximate surface area is 111 Å². The van der Waals surface area contributed by atoms with Gasteiger partial charge in [0.1, 0.15) is 0 Å². The summed E-state index contributed by atoms with van der Waals surface area (Å²) in [4.78, 5) is 14.7. The Kier molecular flexibility index (Phi) is 4.66. The molecule has 0 aromatic carbocycles. The third-order valence-electron chi connectivity index (χ3n) is 4.87. The van der Waals surface area contributed by atoms with Gasteiger partial charge in [0.2, 0.25) is 5.91 Å². The summed E-state index contributed by atoms with van der Waals surface area (Å²) in [5.74, 6) is 1.01. The molecule has 4 unspecified atom stereocenters. The Bertz CT molecular complexity index is 292. The highest BCUT2D eigenvalue weighted by Crippen LogP contribution is 2.28. The van der Waals surface area contributed by atoms with E-state index in [1.165, 1.54) is 25.7 Å². The van der Waals surface area contributed by atoms with Crippen molar-refractivity contribution in [1.82, 2.24) is 10.2 Å². The van der Waals surface area contributed by atoms with Crippen LogP contribution in [-0.4, -0.2) is 35.5 Å². The number of carbonyl (C=O) groups excluding carboxylic acids is 1. The van der Waals surface area contributed by atoms with Crippen molar-refractivity contribution in [2.24, 2.45) is 5.92 Å². The van der Waals surface area contributed by atoms with Crippen molar-refractivity contribution in [3.8, 4) is 0 Å². The lowest BCUT2D eigenvalue weighted by Gasteiger charge is -2.34. The first kappa shape index (κ1) is 13.9. The monoisotopic (exact) mass is 252 g/mol. The van der Waals surface area contributed by atoms with Crippen molar-refractivity contribution >= 4 is 5.91 Å². The van der Waals surface area contributed by atoms with E-state index in [1.54, 1.807) is 0 Å². The molecule has 3 heteroatoms. The number of piperidine rings is 1. The van der Waals surface area contributed by atoms with Gasteiger partial charge in [-0.25, -0.2) is 0 Å². The molecule has 0 aromatic rings. The van der Waals surface area contributed by atoms with Crippen LogP contribution >= 0.6 is 0 Å². The van der Waals surface area contributed by atoms with Gasteiger partial charge in [-0.2, -0.15) is 0 Å². The third kappa shape index (κ3) is 2.87. The van der Waals surface area contributed by atoms with Crippen LogP contribution in [0.25, 0.3) is 0 Å². The lowest BCUT2D eigenvalue weighted by atomic mass is 9.90. The molecule has 3 nitrogen and oxygen atoms in total. The van der Waals surface area contributed by atoms with E-state index in [0.29, 0.717) is 36.4 Å². The second-order valence-corrected chi connectivity index (χ2v) is 6.17. The molecule has 2 heterocycles. The van der Waals surface area contributed by atoms with E-state index in [2.05, 4.69) is 31.0 Å². The normalized spacial score (nSPS) is 36.9. The minimum atomic E-state index is 0.373. The quantitative estimate of drug-likeness (QED) is 0.837. The summed E-state index contributed by atoms with van der Waals surface area (Å²) in [5.41, 5.74) is 0. The fraction of sp³-hybridized carbons (Fsp3) is 0.933. The lowest BCUT2D eigenvalue weighted by Crippen LogP contribution is -2.47. The van der Waals surface area contributed by atoms with Gasteiger partial charge in [-0.1, -0.05) is 13.8 Å². The Morgan fingerprint density at radius 3 is 2.72 bits per heavy atom. The first-order valence-electron chi connectivity index (χ1n) is 7.68. The van der Waals surface area contributed by atoms with Gasteiger partial charge in [-0.15, -0.1) is 0 Å². The van der Waals surface area contributed by atoms with Gasteiger partial charge in [0.25, 0.3) is 0 Å². The molecular weight excluding hydrogens is 224 g/mol. The second kappa shape index (κ2) is 6.05. The highest BCUT2D eigenvalue weighted by Gasteiger charge is 2.34. The average Bonchev–Trinajstić information content (AvgIpc) is 2.73. The molecule has 2 aliphatic heterocycles. The molecule has 4 atom stereocenters. The fourth-order valence-corrected chi connectivity index (χ4v) is 3.60. The van der Waals surface area contributed by atoms with Crippen LogP contribution in [0, 0.1) is 5.92 Å². The molecule has 0 bridgehead atoms. The van der Waals surface area contributed by atoms with E-state index in [-0.39, 0.29) is 0 Å². The molecule has 2 rings (SSSR count). The molecule has 2 saturated heterocycles. The number of nitrogens with zero attached hydrogens (tertiary/aromatic N) is 1. The predicted molar refractivity (Wildman–Crippen MR) is 74.4 cm³/mol. The summed E-state index contributed by atoms with van der Waals surface area (Å²) in [7, 11) is 0. The average molecular weight is 252 g/mol. The smallest absolute Gasteiger partial charge is 0.224 e. The van der Waals surface area contributed by atoms with Gasteiger partial charge in [-0.05, 0) is 51.5 Å². The highest BCUT2D eigenvalue weighted by molar-refractivity contribution is 5.78. The van der Waals surface area contributed by atoms with Crippen LogP contribution in [0.3, 0.4) is 0 Å². The molecule has 2 fully saturated rings. The highest BCUT2D eigenvalue weighted by atomic mass is 16.2. The van der Waals surface area contributed by atoms with Gasteiger partial charge < -0.3 is 10.2 Å². The van der Waals surface area contributed by atoms with Gasteiger partial charge in [0.15, 0.2) is 0 Å². The SMILES string of the molecule is CCC1CCC(C)N1C(=O)CC1NCCCC1C. The number of nitrogens with one attached hydrogen (secondary N) is 1. The molecule has 0 aliphatic carbocycles. The first-order valence-corrected chi connectivity index (χ1v) is 7.68. The van der Waals surface area contributed by atoms with Gasteiger partial charge in [0.05, 0.1) is 0 Å². The molecular formula is C15H28N2O. The molecule has 0 radical (unpaired) electrons. The minimum absolute atomic E-state index is 0.373. The predicted octanol–water partition coefficient (Wildman–Crippen LogP) is 2.55. The van der Waals surface area contributed by atoms with Crippen LogP contribution in [0.1, 0.15) is 59.3 Å². The summed E-state index contributed by atoms with van der Waals surface area (Å²) < 4.78 is 0. The van der Waals surface area contributed by atoms with Crippen molar-refractivity contribution in [2.45, 2.75) is 77.4 Å². The number of amides is 1. The Balaban J connectivity index is 1.93. The summed E-state index contributed by atoms with van der Waals surface area (Å²) >= 11 is 0. The maximum atomic E-state index is 12.5. The molecule has 104 valence electrons. The number of carbonyl (C=O) groups is 1. The molecule has 1 amide bonds. The van der Waals surface area contributed by atoms with Crippen molar-refractivity contribution < 1.29 is 4.79 Å². The molecule has 1 N–H and O–H groups in total. The number of hydrogen-bond donors (Lipinski definition) is 1. The van der Waals surface area contributed by atoms with Crippen LogP contribution < -0.4 is 5.32 Å². The standard InChI is InChI=1S/C15H28N2O/c1-4-13-8-7-12(3)17(13)15(18)10-14-11(2)6-5-9-16-14/h11-14,16H,4-10H2,1-3H3. The molecule has 0 spiro atoms. The van der Waals surface area contributed by atoms with Crippen LogP contribution in [0.15, 0.2) is 0 Å². The largest absolute Gasteiger partial charge is 0.337 e. The summed E-state index contributed by atoms with van der Waals surface area (Å²) in [6.45, 7) is 7.75. The zero-order chi connectivity index (χ0) is 13.1. The summed E-state index contributed by atoms with van der Waals surface area (Å²) in [6, 6.07) is 1.34. The topological polar surface area (TPSA) is 32.3 Å². The minimum Gasteiger partial charge on any atom is -0.337 e. The number of rotatable bonds is 3. The maximum Gasteiger partial charge on any atom is 0.224 e. The molecule has 0 saturated carbocycles. The van der Waals surface area contributed by atoms with E-state index in [1.807, 2.05) is 0 Å². The second-order valence-electron chi connectivity index (χ2n) is 6.17. The Hall–Kier alpha value is -0.570. The molecule has 0 aromatic heterocycles. The van der Waals surface area contributed by atoms with Crippen molar-refractivity contribution in [3.63, 3.8) is 0 Å². The maximum absolute atomic E-state index is 12.5. The van der Waals surface area contributed by atoms with E-state index >= 15 is 0 Å². The Morgan fingerprint density at radius 1 is 1.28 bits per heavy atom. The van der Waals surface area contributed by atoms with Gasteiger partial charge in [-0.3, -0.25) is 4.79 Å². The van der Waals surface area contributed by atoms with Crippen LogP contribution in [0.4, 0.5) is 0 Å². The third-order valence-corrected chi connectivity index (χ3v) is 4.87. The Morgan fingerprint density at radius 2 is 2.06 bits per heavy atom. The number of hydrogen-bond acceptors (Lipinski definition) is 2.